The van der Waals surface area contributed by atoms with Gasteiger partial charge in [-0.3, -0.25) is 9.59 Å². The van der Waals surface area contributed by atoms with Gasteiger partial charge in [-0.1, -0.05) is 73.4 Å². The van der Waals surface area contributed by atoms with E-state index in [2.05, 4.69) is 5.32 Å². The summed E-state index contributed by atoms with van der Waals surface area (Å²) in [7, 11) is 0. The van der Waals surface area contributed by atoms with Crippen molar-refractivity contribution < 1.29 is 9.59 Å². The van der Waals surface area contributed by atoms with Crippen LogP contribution in [-0.2, 0) is 22.6 Å². The molecule has 2 aromatic carbocycles. The largest absolute Gasteiger partial charge is 0.354 e. The monoisotopic (exact) mass is 420 g/mol. The number of carbonyl (C=O) groups excluding carboxylic acids is 2. The molecule has 2 amide bonds. The lowest BCUT2D eigenvalue weighted by atomic mass is 10.1. The lowest BCUT2D eigenvalue weighted by Crippen LogP contribution is -2.49. The number of hydrogen-bond acceptors (Lipinski definition) is 2. The second-order valence-electron chi connectivity index (χ2n) is 6.60. The Kier molecular flexibility index (Phi) is 8.81. The van der Waals surface area contributed by atoms with Crippen molar-refractivity contribution in [2.75, 3.05) is 6.54 Å². The van der Waals surface area contributed by atoms with Crippen LogP contribution in [0.15, 0.2) is 48.5 Å². The lowest BCUT2D eigenvalue weighted by molar-refractivity contribution is -0.140. The molecule has 0 fully saturated rings. The summed E-state index contributed by atoms with van der Waals surface area (Å²) in [5.41, 5.74) is 1.54. The quantitative estimate of drug-likeness (QED) is 0.628. The second-order valence-corrected chi connectivity index (χ2v) is 7.41. The summed E-state index contributed by atoms with van der Waals surface area (Å²) < 4.78 is 0. The van der Waals surface area contributed by atoms with Crippen molar-refractivity contribution >= 4 is 35.0 Å². The number of amides is 2. The first kappa shape index (κ1) is 22.3. The van der Waals surface area contributed by atoms with Gasteiger partial charge >= 0.3 is 0 Å². The summed E-state index contributed by atoms with van der Waals surface area (Å²) in [6, 6.07) is 14.0. The Hall–Kier alpha value is -2.04. The van der Waals surface area contributed by atoms with Gasteiger partial charge in [0.05, 0.1) is 6.42 Å². The molecule has 0 bridgehead atoms. The normalized spacial score (nSPS) is 11.7. The highest BCUT2D eigenvalue weighted by atomic mass is 35.5. The number of nitrogens with zero attached hydrogens (tertiary/aromatic N) is 1. The number of carbonyl (C=O) groups is 2. The molecule has 0 radical (unpaired) electrons. The van der Waals surface area contributed by atoms with Crippen LogP contribution >= 0.6 is 23.2 Å². The van der Waals surface area contributed by atoms with Gasteiger partial charge in [-0.05, 0) is 36.1 Å². The summed E-state index contributed by atoms with van der Waals surface area (Å²) in [5, 5.41) is 4.01. The summed E-state index contributed by atoms with van der Waals surface area (Å²) in [6.45, 7) is 4.73. The Morgan fingerprint density at radius 3 is 2.07 bits per heavy atom. The van der Waals surface area contributed by atoms with Gasteiger partial charge in [0.2, 0.25) is 11.8 Å². The van der Waals surface area contributed by atoms with E-state index in [-0.39, 0.29) is 24.8 Å². The molecule has 6 heteroatoms. The van der Waals surface area contributed by atoms with Crippen molar-refractivity contribution in [2.24, 2.45) is 0 Å². The van der Waals surface area contributed by atoms with Crippen LogP contribution in [-0.4, -0.2) is 29.3 Å². The summed E-state index contributed by atoms with van der Waals surface area (Å²) in [4.78, 5) is 27.5. The minimum atomic E-state index is -0.571. The molecule has 150 valence electrons. The van der Waals surface area contributed by atoms with E-state index in [1.807, 2.05) is 50.2 Å². The van der Waals surface area contributed by atoms with Gasteiger partial charge in [0.15, 0.2) is 0 Å². The predicted molar refractivity (Wildman–Crippen MR) is 115 cm³/mol. The van der Waals surface area contributed by atoms with Crippen molar-refractivity contribution in [1.29, 1.82) is 0 Å². The zero-order valence-corrected chi connectivity index (χ0v) is 17.8. The molecular weight excluding hydrogens is 395 g/mol. The van der Waals surface area contributed by atoms with E-state index in [9.17, 15) is 9.59 Å². The molecule has 4 nitrogen and oxygen atoms in total. The maximum absolute atomic E-state index is 13.2. The summed E-state index contributed by atoms with van der Waals surface area (Å²) >= 11 is 12.5. The van der Waals surface area contributed by atoms with Crippen LogP contribution in [0, 0.1) is 0 Å². The molecular formula is C22H26Cl2N2O2. The highest BCUT2D eigenvalue weighted by Gasteiger charge is 2.29. The number of benzene rings is 2. The Bertz CT molecular complexity index is 811. The highest BCUT2D eigenvalue weighted by molar-refractivity contribution is 6.31. The molecule has 0 heterocycles. The van der Waals surface area contributed by atoms with E-state index in [0.717, 1.165) is 17.5 Å². The Morgan fingerprint density at radius 2 is 1.54 bits per heavy atom. The topological polar surface area (TPSA) is 49.4 Å². The fourth-order valence-electron chi connectivity index (χ4n) is 3.00. The van der Waals surface area contributed by atoms with E-state index >= 15 is 0 Å². The predicted octanol–water partition coefficient (Wildman–Crippen LogP) is 4.87. The van der Waals surface area contributed by atoms with Crippen molar-refractivity contribution in [1.82, 2.24) is 10.2 Å². The molecule has 0 aliphatic carbocycles. The third-order valence-corrected chi connectivity index (χ3v) is 5.27. The number of hydrogen-bond donors (Lipinski definition) is 1. The van der Waals surface area contributed by atoms with E-state index in [4.69, 9.17) is 23.2 Å². The minimum Gasteiger partial charge on any atom is -0.354 e. The van der Waals surface area contributed by atoms with Crippen molar-refractivity contribution in [3.63, 3.8) is 0 Å². The molecule has 0 saturated heterocycles. The SMILES string of the molecule is CCCNC(=O)C(CC)N(Cc1ccccc1Cl)C(=O)Cc1ccccc1Cl. The standard InChI is InChI=1S/C22H26Cl2N2O2/c1-3-13-25-22(28)20(4-2)26(15-17-10-6-8-12-19(17)24)21(27)14-16-9-5-7-11-18(16)23/h5-12,20H,3-4,13-15H2,1-2H3,(H,25,28). The first-order valence-corrected chi connectivity index (χ1v) is 10.3. The van der Waals surface area contributed by atoms with E-state index in [0.29, 0.717) is 23.0 Å². The molecule has 0 spiro atoms. The average Bonchev–Trinajstić information content (AvgIpc) is 2.69. The Balaban J connectivity index is 2.31. The van der Waals surface area contributed by atoms with Crippen LogP contribution in [0.2, 0.25) is 10.0 Å². The average molecular weight is 421 g/mol. The van der Waals surface area contributed by atoms with E-state index < -0.39 is 6.04 Å². The van der Waals surface area contributed by atoms with Crippen molar-refractivity contribution in [3.05, 3.63) is 69.7 Å². The van der Waals surface area contributed by atoms with Gasteiger partial charge in [-0.15, -0.1) is 0 Å². The van der Waals surface area contributed by atoms with Crippen LogP contribution in [0.3, 0.4) is 0 Å². The fraction of sp³-hybridized carbons (Fsp3) is 0.364. The van der Waals surface area contributed by atoms with Crippen molar-refractivity contribution in [3.8, 4) is 0 Å². The molecule has 0 saturated carbocycles. The van der Waals surface area contributed by atoms with Crippen LogP contribution in [0.25, 0.3) is 0 Å². The third kappa shape index (κ3) is 5.98. The summed E-state index contributed by atoms with van der Waals surface area (Å²) in [5.74, 6) is -0.310. The fourth-order valence-corrected chi connectivity index (χ4v) is 3.40. The first-order valence-electron chi connectivity index (χ1n) is 9.51. The Labute approximate surface area is 176 Å². The maximum Gasteiger partial charge on any atom is 0.242 e. The van der Waals surface area contributed by atoms with Crippen LogP contribution in [0.5, 0.6) is 0 Å². The minimum absolute atomic E-state index is 0.127. The van der Waals surface area contributed by atoms with E-state index in [1.54, 1.807) is 17.0 Å². The van der Waals surface area contributed by atoms with Gasteiger partial charge in [0.25, 0.3) is 0 Å². The van der Waals surface area contributed by atoms with Gasteiger partial charge in [0.1, 0.15) is 6.04 Å². The molecule has 1 atom stereocenters. The van der Waals surface area contributed by atoms with Gasteiger partial charge in [-0.25, -0.2) is 0 Å². The maximum atomic E-state index is 13.2. The van der Waals surface area contributed by atoms with Crippen LogP contribution in [0.4, 0.5) is 0 Å². The molecule has 0 aliphatic rings. The second kappa shape index (κ2) is 11.1. The molecule has 2 rings (SSSR count). The number of nitrogens with one attached hydrogen (secondary N) is 1. The molecule has 1 N–H and O–H groups in total. The zero-order chi connectivity index (χ0) is 20.5. The van der Waals surface area contributed by atoms with Crippen LogP contribution in [0.1, 0.15) is 37.8 Å². The third-order valence-electron chi connectivity index (χ3n) is 4.53. The smallest absolute Gasteiger partial charge is 0.242 e. The molecule has 0 aliphatic heterocycles. The first-order chi connectivity index (χ1) is 13.5. The zero-order valence-electron chi connectivity index (χ0n) is 16.3. The van der Waals surface area contributed by atoms with Crippen molar-refractivity contribution in [2.45, 2.75) is 45.7 Å². The van der Waals surface area contributed by atoms with Gasteiger partial charge in [0, 0.05) is 23.1 Å². The lowest BCUT2D eigenvalue weighted by Gasteiger charge is -2.31. The van der Waals surface area contributed by atoms with Gasteiger partial charge < -0.3 is 10.2 Å². The Morgan fingerprint density at radius 1 is 0.964 bits per heavy atom. The number of halogens is 2. The molecule has 1 unspecified atom stereocenters. The molecule has 2 aromatic rings. The van der Waals surface area contributed by atoms with E-state index in [1.165, 1.54) is 0 Å². The molecule has 28 heavy (non-hydrogen) atoms. The highest BCUT2D eigenvalue weighted by Crippen LogP contribution is 2.22. The number of rotatable bonds is 9. The van der Waals surface area contributed by atoms with Crippen LogP contribution < -0.4 is 5.32 Å². The summed E-state index contributed by atoms with van der Waals surface area (Å²) in [6.07, 6.45) is 1.47. The van der Waals surface area contributed by atoms with Gasteiger partial charge in [-0.2, -0.15) is 0 Å². The molecule has 0 aromatic heterocycles.